The van der Waals surface area contributed by atoms with Gasteiger partial charge in [-0.3, -0.25) is 4.98 Å². The van der Waals surface area contributed by atoms with Crippen molar-refractivity contribution in [3.8, 4) is 0 Å². The molecular formula is C14H21N. The average Bonchev–Trinajstić information content (AvgIpc) is 2.26. The number of rotatable bonds is 2. The van der Waals surface area contributed by atoms with Crippen LogP contribution in [0.15, 0.2) is 24.4 Å². The molecule has 0 aromatic carbocycles. The number of hydrogen-bond acceptors (Lipinski definition) is 1. The Bertz CT molecular complexity index is 335. The Labute approximate surface area is 93.6 Å². The molecule has 0 aliphatic rings. The number of aromatic nitrogens is 1. The second-order valence-corrected chi connectivity index (χ2v) is 2.99. The van der Waals surface area contributed by atoms with Gasteiger partial charge >= 0.3 is 0 Å². The van der Waals surface area contributed by atoms with Crippen LogP contribution >= 0.6 is 0 Å². The summed E-state index contributed by atoms with van der Waals surface area (Å²) in [6.07, 6.45) is 10.0. The van der Waals surface area contributed by atoms with Crippen LogP contribution in [0, 0.1) is 6.92 Å². The number of allylic oxidation sites excluding steroid dienone is 2. The fourth-order valence-corrected chi connectivity index (χ4v) is 1.21. The largest absolute Gasteiger partial charge is 0.256 e. The van der Waals surface area contributed by atoms with E-state index in [0.717, 1.165) is 5.69 Å². The normalized spacial score (nSPS) is 10.5. The van der Waals surface area contributed by atoms with Crippen molar-refractivity contribution in [3.05, 3.63) is 41.2 Å². The highest BCUT2D eigenvalue weighted by Crippen LogP contribution is 2.11. The third-order valence-corrected chi connectivity index (χ3v) is 1.76. The fraction of sp³-hybridized carbons (Fsp3) is 0.357. The standard InChI is InChI=1S/C12H15N.C2H6/c1-4-6-11-8-10(3)9-13-12(11)7-5-2;1-2/h4-9H,1-3H3;1-2H3/b6-4-,7-5-;. The fourth-order valence-electron chi connectivity index (χ4n) is 1.21. The van der Waals surface area contributed by atoms with Gasteiger partial charge in [0.15, 0.2) is 0 Å². The summed E-state index contributed by atoms with van der Waals surface area (Å²) < 4.78 is 0. The minimum Gasteiger partial charge on any atom is -0.256 e. The quantitative estimate of drug-likeness (QED) is 0.690. The first-order valence-electron chi connectivity index (χ1n) is 5.50. The number of aryl methyl sites for hydroxylation is 1. The third kappa shape index (κ3) is 4.59. The number of hydrogen-bond donors (Lipinski definition) is 0. The zero-order valence-corrected chi connectivity index (χ0v) is 10.4. The molecule has 1 aromatic heterocycles. The molecule has 0 radical (unpaired) electrons. The zero-order chi connectivity index (χ0) is 11.7. The van der Waals surface area contributed by atoms with Crippen molar-refractivity contribution in [2.45, 2.75) is 34.6 Å². The zero-order valence-electron chi connectivity index (χ0n) is 10.4. The van der Waals surface area contributed by atoms with Crippen molar-refractivity contribution in [2.24, 2.45) is 0 Å². The minimum atomic E-state index is 1.03. The van der Waals surface area contributed by atoms with E-state index in [0.29, 0.717) is 0 Å². The summed E-state index contributed by atoms with van der Waals surface area (Å²) in [6.45, 7) is 10.1. The summed E-state index contributed by atoms with van der Waals surface area (Å²) in [6, 6.07) is 2.14. The Morgan fingerprint density at radius 1 is 1.07 bits per heavy atom. The van der Waals surface area contributed by atoms with Gasteiger partial charge in [-0.05, 0) is 38.5 Å². The van der Waals surface area contributed by atoms with Gasteiger partial charge in [0.1, 0.15) is 0 Å². The van der Waals surface area contributed by atoms with Gasteiger partial charge < -0.3 is 0 Å². The Balaban J connectivity index is 0.000000921. The van der Waals surface area contributed by atoms with E-state index in [1.165, 1.54) is 11.1 Å². The smallest absolute Gasteiger partial charge is 0.0698 e. The van der Waals surface area contributed by atoms with Gasteiger partial charge in [0, 0.05) is 11.8 Å². The lowest BCUT2D eigenvalue weighted by atomic mass is 10.1. The lowest BCUT2D eigenvalue weighted by molar-refractivity contribution is 1.23. The first-order valence-corrected chi connectivity index (χ1v) is 5.50. The topological polar surface area (TPSA) is 12.9 Å². The summed E-state index contributed by atoms with van der Waals surface area (Å²) in [5, 5.41) is 0. The molecule has 0 spiro atoms. The van der Waals surface area contributed by atoms with Crippen LogP contribution in [0.25, 0.3) is 12.2 Å². The van der Waals surface area contributed by atoms with Gasteiger partial charge in [0.25, 0.3) is 0 Å². The number of pyridine rings is 1. The first kappa shape index (κ1) is 13.6. The third-order valence-electron chi connectivity index (χ3n) is 1.76. The van der Waals surface area contributed by atoms with Crippen molar-refractivity contribution < 1.29 is 0 Å². The molecule has 0 N–H and O–H groups in total. The van der Waals surface area contributed by atoms with E-state index >= 15 is 0 Å². The van der Waals surface area contributed by atoms with Crippen LogP contribution in [-0.4, -0.2) is 4.98 Å². The second kappa shape index (κ2) is 7.98. The minimum absolute atomic E-state index is 1.03. The van der Waals surface area contributed by atoms with Crippen molar-refractivity contribution in [3.63, 3.8) is 0 Å². The van der Waals surface area contributed by atoms with Crippen molar-refractivity contribution >= 4 is 12.2 Å². The predicted octanol–water partition coefficient (Wildman–Crippen LogP) is 4.48. The summed E-state index contributed by atoms with van der Waals surface area (Å²) in [5.74, 6) is 0. The molecule has 1 aromatic rings. The van der Waals surface area contributed by atoms with Crippen LogP contribution < -0.4 is 0 Å². The second-order valence-electron chi connectivity index (χ2n) is 2.99. The van der Waals surface area contributed by atoms with E-state index in [1.54, 1.807) is 0 Å². The van der Waals surface area contributed by atoms with Gasteiger partial charge in [-0.1, -0.05) is 32.1 Å². The van der Waals surface area contributed by atoms with Gasteiger partial charge in [0.2, 0.25) is 0 Å². The van der Waals surface area contributed by atoms with Crippen molar-refractivity contribution in [1.29, 1.82) is 0 Å². The molecular weight excluding hydrogens is 182 g/mol. The highest BCUT2D eigenvalue weighted by Gasteiger charge is 1.96. The van der Waals surface area contributed by atoms with Crippen molar-refractivity contribution in [2.75, 3.05) is 0 Å². The molecule has 0 saturated carbocycles. The molecule has 15 heavy (non-hydrogen) atoms. The summed E-state index contributed by atoms with van der Waals surface area (Å²) >= 11 is 0. The van der Waals surface area contributed by atoms with E-state index < -0.39 is 0 Å². The molecule has 1 nitrogen and oxygen atoms in total. The van der Waals surface area contributed by atoms with E-state index in [1.807, 2.05) is 52.1 Å². The number of nitrogens with zero attached hydrogens (tertiary/aromatic N) is 1. The summed E-state index contributed by atoms with van der Waals surface area (Å²) in [4.78, 5) is 4.35. The molecule has 0 bridgehead atoms. The molecule has 0 unspecified atom stereocenters. The van der Waals surface area contributed by atoms with Crippen LogP contribution in [-0.2, 0) is 0 Å². The monoisotopic (exact) mass is 203 g/mol. The van der Waals surface area contributed by atoms with E-state index in [4.69, 9.17) is 0 Å². The summed E-state index contributed by atoms with van der Waals surface area (Å²) in [5.41, 5.74) is 3.41. The molecule has 0 saturated heterocycles. The van der Waals surface area contributed by atoms with Crippen LogP contribution in [0.1, 0.15) is 44.5 Å². The Morgan fingerprint density at radius 3 is 2.20 bits per heavy atom. The van der Waals surface area contributed by atoms with Gasteiger partial charge in [-0.2, -0.15) is 0 Å². The molecule has 82 valence electrons. The maximum Gasteiger partial charge on any atom is 0.0698 e. The summed E-state index contributed by atoms with van der Waals surface area (Å²) in [7, 11) is 0. The molecule has 0 amide bonds. The predicted molar refractivity (Wildman–Crippen MR) is 69.7 cm³/mol. The van der Waals surface area contributed by atoms with Crippen LogP contribution in [0.4, 0.5) is 0 Å². The first-order chi connectivity index (χ1) is 7.27. The van der Waals surface area contributed by atoms with Crippen LogP contribution in [0.2, 0.25) is 0 Å². The van der Waals surface area contributed by atoms with Gasteiger partial charge in [0.05, 0.1) is 5.69 Å². The Morgan fingerprint density at radius 2 is 1.67 bits per heavy atom. The average molecular weight is 203 g/mol. The molecule has 0 atom stereocenters. The van der Waals surface area contributed by atoms with Gasteiger partial charge in [-0.25, -0.2) is 0 Å². The maximum atomic E-state index is 4.35. The molecule has 1 heterocycles. The van der Waals surface area contributed by atoms with E-state index in [2.05, 4.69) is 24.1 Å². The molecule has 0 fully saturated rings. The molecule has 0 aliphatic heterocycles. The molecule has 0 aliphatic carbocycles. The Hall–Kier alpha value is -1.37. The molecule has 1 heteroatoms. The lowest BCUT2D eigenvalue weighted by Gasteiger charge is -2.00. The maximum absolute atomic E-state index is 4.35. The van der Waals surface area contributed by atoms with E-state index in [9.17, 15) is 0 Å². The highest BCUT2D eigenvalue weighted by molar-refractivity contribution is 5.62. The van der Waals surface area contributed by atoms with Crippen LogP contribution in [0.5, 0.6) is 0 Å². The lowest BCUT2D eigenvalue weighted by Crippen LogP contribution is -1.87. The highest BCUT2D eigenvalue weighted by atomic mass is 14.7. The van der Waals surface area contributed by atoms with Gasteiger partial charge in [-0.15, -0.1) is 0 Å². The Kier molecular flexibility index (Phi) is 7.25. The van der Waals surface area contributed by atoms with E-state index in [-0.39, 0.29) is 0 Å². The molecule has 1 rings (SSSR count). The van der Waals surface area contributed by atoms with Crippen LogP contribution in [0.3, 0.4) is 0 Å². The van der Waals surface area contributed by atoms with Crippen molar-refractivity contribution in [1.82, 2.24) is 4.98 Å². The SMILES string of the molecule is C/C=C\c1cc(C)cnc1/C=C\C.CC.